The van der Waals surface area contributed by atoms with Crippen molar-refractivity contribution in [2.75, 3.05) is 18.0 Å². The first kappa shape index (κ1) is 27.0. The molecule has 2 N–H and O–H groups in total. The van der Waals surface area contributed by atoms with E-state index < -0.39 is 0 Å². The maximum atomic E-state index is 4.87. The highest BCUT2D eigenvalue weighted by atomic mass is 15.2. The van der Waals surface area contributed by atoms with Gasteiger partial charge in [-0.3, -0.25) is 5.10 Å². The molecule has 0 saturated carbocycles. The van der Waals surface area contributed by atoms with Gasteiger partial charge in [0.05, 0.1) is 11.2 Å². The summed E-state index contributed by atoms with van der Waals surface area (Å²) >= 11 is 0. The number of hydrogen-bond acceptors (Lipinski definition) is 4. The van der Waals surface area contributed by atoms with Crippen LogP contribution in [-0.4, -0.2) is 38.2 Å². The fraction of sp³-hybridized carbons (Fsp3) is 0.343. The Morgan fingerprint density at radius 3 is 2.76 bits per heavy atom. The molecule has 1 fully saturated rings. The van der Waals surface area contributed by atoms with E-state index in [0.29, 0.717) is 0 Å². The van der Waals surface area contributed by atoms with Crippen molar-refractivity contribution >= 4 is 33.3 Å². The molecule has 1 aromatic carbocycles. The lowest BCUT2D eigenvalue weighted by Crippen LogP contribution is -2.29. The SMILES string of the molecule is C=C/C(=C\C(=C/C)c1ccc2[nH]nc(-c3nc4nccc(N5CCCCC5)c4[nH]3)c2c1)CCC1=CCC(C)(C)C=C1. The van der Waals surface area contributed by atoms with Gasteiger partial charge in [0.2, 0.25) is 0 Å². The van der Waals surface area contributed by atoms with Crippen LogP contribution in [0.4, 0.5) is 5.69 Å². The molecule has 0 spiro atoms. The second kappa shape index (κ2) is 11.4. The third-order valence-electron chi connectivity index (χ3n) is 8.44. The number of anilines is 1. The van der Waals surface area contributed by atoms with Crippen molar-refractivity contribution in [3.05, 3.63) is 90.2 Å². The summed E-state index contributed by atoms with van der Waals surface area (Å²) in [5.74, 6) is 0.738. The Morgan fingerprint density at radius 1 is 1.15 bits per heavy atom. The second-order valence-corrected chi connectivity index (χ2v) is 12.0. The third kappa shape index (κ3) is 5.69. The number of pyridine rings is 1. The molecule has 0 unspecified atom stereocenters. The summed E-state index contributed by atoms with van der Waals surface area (Å²) in [5, 5.41) is 8.91. The van der Waals surface area contributed by atoms with Crippen LogP contribution in [0.2, 0.25) is 0 Å². The largest absolute Gasteiger partial charge is 0.370 e. The van der Waals surface area contributed by atoms with Crippen molar-refractivity contribution in [1.82, 2.24) is 25.1 Å². The molecule has 0 bridgehead atoms. The highest BCUT2D eigenvalue weighted by molar-refractivity contribution is 5.96. The van der Waals surface area contributed by atoms with E-state index in [1.807, 2.05) is 12.3 Å². The summed E-state index contributed by atoms with van der Waals surface area (Å²) in [7, 11) is 0. The summed E-state index contributed by atoms with van der Waals surface area (Å²) in [6, 6.07) is 8.56. The van der Waals surface area contributed by atoms with E-state index in [1.54, 1.807) is 0 Å². The van der Waals surface area contributed by atoms with Crippen LogP contribution in [0.25, 0.3) is 39.2 Å². The first-order valence-electron chi connectivity index (χ1n) is 14.9. The number of H-pyrrole nitrogens is 2. The number of allylic oxidation sites excluding steroid dienone is 9. The van der Waals surface area contributed by atoms with Gasteiger partial charge in [0.25, 0.3) is 0 Å². The minimum atomic E-state index is 0.262. The Hall–Kier alpha value is -4.19. The van der Waals surface area contributed by atoms with Crippen molar-refractivity contribution < 1.29 is 0 Å². The Morgan fingerprint density at radius 2 is 2.00 bits per heavy atom. The fourth-order valence-electron chi connectivity index (χ4n) is 5.89. The van der Waals surface area contributed by atoms with Crippen molar-refractivity contribution in [3.63, 3.8) is 0 Å². The van der Waals surface area contributed by atoms with Crippen molar-refractivity contribution in [3.8, 4) is 11.5 Å². The number of rotatable bonds is 8. The highest BCUT2D eigenvalue weighted by Gasteiger charge is 2.20. The normalized spacial score (nSPS) is 17.8. The lowest BCUT2D eigenvalue weighted by Gasteiger charge is -2.28. The summed E-state index contributed by atoms with van der Waals surface area (Å²) in [6.45, 7) is 12.9. The van der Waals surface area contributed by atoms with E-state index in [0.717, 1.165) is 71.5 Å². The zero-order valence-electron chi connectivity index (χ0n) is 24.5. The van der Waals surface area contributed by atoms with Crippen LogP contribution in [0.1, 0.15) is 64.9 Å². The van der Waals surface area contributed by atoms with Crippen LogP contribution >= 0.6 is 0 Å². The van der Waals surface area contributed by atoms with Gasteiger partial charge < -0.3 is 9.88 Å². The van der Waals surface area contributed by atoms with Crippen LogP contribution in [0.5, 0.6) is 0 Å². The summed E-state index contributed by atoms with van der Waals surface area (Å²) < 4.78 is 0. The molecule has 1 aliphatic heterocycles. The first-order chi connectivity index (χ1) is 19.9. The molecule has 41 heavy (non-hydrogen) atoms. The Balaban J connectivity index is 1.28. The number of imidazole rings is 1. The van der Waals surface area contributed by atoms with E-state index in [1.165, 1.54) is 41.7 Å². The molecule has 1 aliphatic carbocycles. The number of piperidine rings is 1. The minimum Gasteiger partial charge on any atom is -0.370 e. The molecule has 6 rings (SSSR count). The van der Waals surface area contributed by atoms with Gasteiger partial charge in [-0.25, -0.2) is 9.97 Å². The number of nitrogens with one attached hydrogen (secondary N) is 2. The van der Waals surface area contributed by atoms with Gasteiger partial charge in [-0.1, -0.05) is 68.5 Å². The van der Waals surface area contributed by atoms with E-state index in [9.17, 15) is 0 Å². The number of aromatic nitrogens is 5. The molecular formula is C35H40N6. The second-order valence-electron chi connectivity index (χ2n) is 12.0. The predicted octanol–water partition coefficient (Wildman–Crippen LogP) is 8.70. The van der Waals surface area contributed by atoms with Crippen LogP contribution in [0, 0.1) is 5.41 Å². The number of benzene rings is 1. The standard InChI is InChI=1S/C35H40N6/c1-5-24(10-11-25-14-17-35(3,4)18-15-25)22-26(6-2)27-12-13-29-28(23-27)31(40-39-29)34-37-32-30(16-19-36-33(32)38-34)41-20-8-7-9-21-41/h5-6,12-17,19,22-23H,1,7-11,18,20-21H2,2-4H3,(H,39,40)(H,36,37,38)/b24-22+,26-6+. The minimum absolute atomic E-state index is 0.262. The van der Waals surface area contributed by atoms with Gasteiger partial charge in [-0.2, -0.15) is 5.10 Å². The summed E-state index contributed by atoms with van der Waals surface area (Å²) in [5.41, 5.74) is 9.90. The maximum absolute atomic E-state index is 4.87. The summed E-state index contributed by atoms with van der Waals surface area (Å²) in [6.07, 6.45) is 22.1. The molecule has 210 valence electrons. The maximum Gasteiger partial charge on any atom is 0.180 e. The van der Waals surface area contributed by atoms with Crippen molar-refractivity contribution in [2.24, 2.45) is 5.41 Å². The van der Waals surface area contributed by atoms with Crippen molar-refractivity contribution in [1.29, 1.82) is 0 Å². The number of fused-ring (bicyclic) bond motifs is 2. The van der Waals surface area contributed by atoms with Crippen molar-refractivity contribution in [2.45, 2.75) is 59.3 Å². The van der Waals surface area contributed by atoms with Gasteiger partial charge in [-0.15, -0.1) is 0 Å². The molecule has 4 heterocycles. The Labute approximate surface area is 242 Å². The number of nitrogens with zero attached hydrogens (tertiary/aromatic N) is 4. The molecular weight excluding hydrogens is 504 g/mol. The molecule has 1 saturated heterocycles. The summed E-state index contributed by atoms with van der Waals surface area (Å²) in [4.78, 5) is 15.4. The molecule has 0 amide bonds. The zero-order chi connectivity index (χ0) is 28.4. The average molecular weight is 545 g/mol. The highest BCUT2D eigenvalue weighted by Crippen LogP contribution is 2.33. The smallest absolute Gasteiger partial charge is 0.180 e. The van der Waals surface area contributed by atoms with Crippen LogP contribution in [-0.2, 0) is 0 Å². The molecule has 0 atom stereocenters. The molecule has 6 nitrogen and oxygen atoms in total. The van der Waals surface area contributed by atoms with Crippen LogP contribution in [0.3, 0.4) is 0 Å². The molecule has 4 aromatic rings. The fourth-order valence-corrected chi connectivity index (χ4v) is 5.89. The monoisotopic (exact) mass is 544 g/mol. The quantitative estimate of drug-likeness (QED) is 0.218. The predicted molar refractivity (Wildman–Crippen MR) is 172 cm³/mol. The molecule has 6 heteroatoms. The third-order valence-corrected chi connectivity index (χ3v) is 8.44. The van der Waals surface area contributed by atoms with Gasteiger partial charge in [0.15, 0.2) is 11.5 Å². The number of aromatic amines is 2. The van der Waals surface area contributed by atoms with Crippen LogP contribution < -0.4 is 4.90 Å². The van der Waals surface area contributed by atoms with Crippen LogP contribution in [0.15, 0.2) is 84.6 Å². The first-order valence-corrected chi connectivity index (χ1v) is 14.9. The Kier molecular flexibility index (Phi) is 7.48. The Bertz CT molecular complexity index is 1700. The van der Waals surface area contributed by atoms with E-state index >= 15 is 0 Å². The average Bonchev–Trinajstić information content (AvgIpc) is 3.62. The molecule has 2 aliphatic rings. The van der Waals surface area contributed by atoms with Gasteiger partial charge in [0.1, 0.15) is 11.2 Å². The lowest BCUT2D eigenvalue weighted by atomic mass is 9.83. The molecule has 3 aromatic heterocycles. The van der Waals surface area contributed by atoms with Gasteiger partial charge >= 0.3 is 0 Å². The topological polar surface area (TPSA) is 73.5 Å². The van der Waals surface area contributed by atoms with E-state index in [2.05, 4.69) is 107 Å². The van der Waals surface area contributed by atoms with E-state index in [4.69, 9.17) is 4.98 Å². The van der Waals surface area contributed by atoms with Gasteiger partial charge in [0, 0.05) is 24.7 Å². The van der Waals surface area contributed by atoms with Gasteiger partial charge in [-0.05, 0) is 85.8 Å². The number of hydrogen-bond donors (Lipinski definition) is 2. The lowest BCUT2D eigenvalue weighted by molar-refractivity contribution is 0.480. The molecule has 0 radical (unpaired) electrons. The van der Waals surface area contributed by atoms with E-state index in [-0.39, 0.29) is 5.41 Å². The zero-order valence-corrected chi connectivity index (χ0v) is 24.5.